The topological polar surface area (TPSA) is 32.8 Å². The van der Waals surface area contributed by atoms with Crippen molar-refractivity contribution in [2.45, 2.75) is 6.92 Å². The summed E-state index contributed by atoms with van der Waals surface area (Å²) in [5.41, 5.74) is 0. The van der Waals surface area contributed by atoms with Crippen LogP contribution < -0.4 is 0 Å². The molecule has 0 saturated heterocycles. The van der Waals surface area contributed by atoms with Gasteiger partial charge in [0.2, 0.25) is 0 Å². The quantitative estimate of drug-likeness (QED) is 0.531. The fraction of sp³-hybridized carbons (Fsp3) is 0.875. The van der Waals surface area contributed by atoms with E-state index in [2.05, 4.69) is 4.90 Å². The van der Waals surface area contributed by atoms with Crippen molar-refractivity contribution >= 4 is 5.78 Å². The van der Waals surface area contributed by atoms with E-state index in [-0.39, 0.29) is 12.4 Å². The first-order valence-electron chi connectivity index (χ1n) is 4.00. The first kappa shape index (κ1) is 11.6. The van der Waals surface area contributed by atoms with Gasteiger partial charge in [0.05, 0.1) is 0 Å². The third-order valence-electron chi connectivity index (χ3n) is 1.35. The van der Waals surface area contributed by atoms with Crippen molar-refractivity contribution in [3.63, 3.8) is 0 Å². The maximum Gasteiger partial charge on any atom is 0.157 e. The van der Waals surface area contributed by atoms with E-state index in [0.29, 0.717) is 0 Å². The van der Waals surface area contributed by atoms with Gasteiger partial charge >= 0.3 is 0 Å². The van der Waals surface area contributed by atoms with Gasteiger partial charge < -0.3 is 4.90 Å². The van der Waals surface area contributed by atoms with Crippen molar-refractivity contribution in [1.29, 1.82) is 0 Å². The van der Waals surface area contributed by atoms with Crippen molar-refractivity contribution < 1.29 is 9.63 Å². The molecule has 0 fully saturated rings. The largest absolute Gasteiger partial charge is 0.308 e. The lowest BCUT2D eigenvalue weighted by Crippen LogP contribution is -2.30. The highest BCUT2D eigenvalue weighted by Gasteiger charge is 2.00. The molecular formula is C8H18N2O2. The molecule has 4 heteroatoms. The van der Waals surface area contributed by atoms with Crippen molar-refractivity contribution in [2.75, 3.05) is 40.8 Å². The van der Waals surface area contributed by atoms with Crippen molar-refractivity contribution in [2.24, 2.45) is 0 Å². The van der Waals surface area contributed by atoms with Gasteiger partial charge in [0, 0.05) is 20.1 Å². The fourth-order valence-corrected chi connectivity index (χ4v) is 0.606. The molecule has 0 radical (unpaired) electrons. The SMILES string of the molecule is CC(=O)CON(C)CCN(C)C. The Labute approximate surface area is 74.0 Å². The van der Waals surface area contributed by atoms with Crippen LogP contribution in [-0.2, 0) is 9.63 Å². The summed E-state index contributed by atoms with van der Waals surface area (Å²) >= 11 is 0. The summed E-state index contributed by atoms with van der Waals surface area (Å²) in [4.78, 5) is 17.7. The number of ketones is 1. The van der Waals surface area contributed by atoms with Gasteiger partial charge in [0.25, 0.3) is 0 Å². The lowest BCUT2D eigenvalue weighted by Gasteiger charge is -2.18. The summed E-state index contributed by atoms with van der Waals surface area (Å²) in [5.74, 6) is 0.0479. The average Bonchev–Trinajstić information content (AvgIpc) is 1.96. The van der Waals surface area contributed by atoms with Crippen LogP contribution in [0.15, 0.2) is 0 Å². The average molecular weight is 174 g/mol. The molecule has 0 spiro atoms. The molecule has 72 valence electrons. The van der Waals surface area contributed by atoms with E-state index >= 15 is 0 Å². The third kappa shape index (κ3) is 7.65. The standard InChI is InChI=1S/C8H18N2O2/c1-8(11)7-12-10(4)6-5-9(2)3/h5-7H2,1-4H3. The number of likely N-dealkylation sites (N-methyl/N-ethyl adjacent to an activating group) is 2. The molecule has 12 heavy (non-hydrogen) atoms. The summed E-state index contributed by atoms with van der Waals surface area (Å²) < 4.78 is 0. The molecule has 0 N–H and O–H groups in total. The van der Waals surface area contributed by atoms with E-state index < -0.39 is 0 Å². The summed E-state index contributed by atoms with van der Waals surface area (Å²) in [6.45, 7) is 3.42. The monoisotopic (exact) mass is 174 g/mol. The predicted molar refractivity (Wildman–Crippen MR) is 47.8 cm³/mol. The Bertz CT molecular complexity index is 137. The van der Waals surface area contributed by atoms with Crippen molar-refractivity contribution in [3.8, 4) is 0 Å². The first-order chi connectivity index (χ1) is 5.52. The minimum Gasteiger partial charge on any atom is -0.308 e. The lowest BCUT2D eigenvalue weighted by atomic mass is 10.5. The second-order valence-electron chi connectivity index (χ2n) is 3.13. The van der Waals surface area contributed by atoms with Crippen LogP contribution >= 0.6 is 0 Å². The molecule has 0 aliphatic heterocycles. The zero-order valence-electron chi connectivity index (χ0n) is 8.33. The molecule has 4 nitrogen and oxygen atoms in total. The van der Waals surface area contributed by atoms with Crippen LogP contribution in [0.1, 0.15) is 6.92 Å². The normalized spacial score (nSPS) is 11.2. The molecule has 0 aliphatic carbocycles. The number of carbonyl (C=O) groups is 1. The summed E-state index contributed by atoms with van der Waals surface area (Å²) in [7, 11) is 5.82. The Hall–Kier alpha value is -0.450. The minimum atomic E-state index is 0.0479. The molecule has 0 amide bonds. The zero-order valence-corrected chi connectivity index (χ0v) is 8.33. The summed E-state index contributed by atoms with van der Waals surface area (Å²) in [6.07, 6.45) is 0. The summed E-state index contributed by atoms with van der Waals surface area (Å²) in [5, 5.41) is 1.68. The van der Waals surface area contributed by atoms with E-state index in [1.54, 1.807) is 5.06 Å². The number of hydrogen-bond donors (Lipinski definition) is 0. The van der Waals surface area contributed by atoms with Crippen LogP contribution in [0.4, 0.5) is 0 Å². The molecule has 0 unspecified atom stereocenters. The number of hydroxylamine groups is 2. The smallest absolute Gasteiger partial charge is 0.157 e. The van der Waals surface area contributed by atoms with Crippen LogP contribution in [0.3, 0.4) is 0 Å². The molecule has 0 bridgehead atoms. The lowest BCUT2D eigenvalue weighted by molar-refractivity contribution is -0.157. The molecule has 0 aromatic carbocycles. The van der Waals surface area contributed by atoms with E-state index in [4.69, 9.17) is 4.84 Å². The van der Waals surface area contributed by atoms with Gasteiger partial charge in [-0.05, 0) is 21.0 Å². The van der Waals surface area contributed by atoms with Crippen molar-refractivity contribution in [1.82, 2.24) is 9.96 Å². The molecule has 0 saturated carbocycles. The van der Waals surface area contributed by atoms with Gasteiger partial charge in [-0.25, -0.2) is 0 Å². The molecule has 0 heterocycles. The molecular weight excluding hydrogens is 156 g/mol. The van der Waals surface area contributed by atoms with Gasteiger partial charge in [-0.3, -0.25) is 9.63 Å². The number of Topliss-reactive ketones (excluding diaryl/α,β-unsaturated/α-hetero) is 1. The van der Waals surface area contributed by atoms with E-state index in [0.717, 1.165) is 13.1 Å². The van der Waals surface area contributed by atoms with E-state index in [9.17, 15) is 4.79 Å². The highest BCUT2D eigenvalue weighted by Crippen LogP contribution is 1.86. The zero-order chi connectivity index (χ0) is 9.56. The van der Waals surface area contributed by atoms with Crippen LogP contribution in [0.2, 0.25) is 0 Å². The molecule has 0 atom stereocenters. The van der Waals surface area contributed by atoms with E-state index in [1.165, 1.54) is 6.92 Å². The number of hydrogen-bond acceptors (Lipinski definition) is 4. The van der Waals surface area contributed by atoms with Gasteiger partial charge in [-0.1, -0.05) is 0 Å². The molecule has 0 aromatic heterocycles. The number of rotatable bonds is 6. The van der Waals surface area contributed by atoms with Crippen molar-refractivity contribution in [3.05, 3.63) is 0 Å². The van der Waals surface area contributed by atoms with Crippen LogP contribution in [-0.4, -0.2) is 56.6 Å². The Balaban J connectivity index is 3.33. The van der Waals surface area contributed by atoms with Gasteiger partial charge in [0.15, 0.2) is 5.78 Å². The Morgan fingerprint density at radius 2 is 1.83 bits per heavy atom. The first-order valence-corrected chi connectivity index (χ1v) is 4.00. The molecule has 0 rings (SSSR count). The molecule has 0 aromatic rings. The highest BCUT2D eigenvalue weighted by atomic mass is 16.7. The number of nitrogens with zero attached hydrogens (tertiary/aromatic N) is 2. The van der Waals surface area contributed by atoms with Crippen LogP contribution in [0, 0.1) is 0 Å². The number of carbonyl (C=O) groups excluding carboxylic acids is 1. The second kappa shape index (κ2) is 6.11. The van der Waals surface area contributed by atoms with Gasteiger partial charge in [-0.15, -0.1) is 0 Å². The highest BCUT2D eigenvalue weighted by molar-refractivity contribution is 5.76. The maximum atomic E-state index is 10.5. The van der Waals surface area contributed by atoms with Gasteiger partial charge in [0.1, 0.15) is 6.61 Å². The minimum absolute atomic E-state index is 0.0479. The fourth-order valence-electron chi connectivity index (χ4n) is 0.606. The Kier molecular flexibility index (Phi) is 5.88. The second-order valence-corrected chi connectivity index (χ2v) is 3.13. The van der Waals surface area contributed by atoms with Crippen LogP contribution in [0.5, 0.6) is 0 Å². The molecule has 0 aliphatic rings. The Morgan fingerprint density at radius 1 is 1.25 bits per heavy atom. The van der Waals surface area contributed by atoms with E-state index in [1.807, 2.05) is 21.1 Å². The Morgan fingerprint density at radius 3 is 2.25 bits per heavy atom. The maximum absolute atomic E-state index is 10.5. The van der Waals surface area contributed by atoms with Gasteiger partial charge in [-0.2, -0.15) is 5.06 Å². The van der Waals surface area contributed by atoms with Crippen LogP contribution in [0.25, 0.3) is 0 Å². The third-order valence-corrected chi connectivity index (χ3v) is 1.35. The predicted octanol–water partition coefficient (Wildman–Crippen LogP) is 0.000400. The summed E-state index contributed by atoms with van der Waals surface area (Å²) in [6, 6.07) is 0.